The Labute approximate surface area is 201 Å². The molecule has 0 saturated carbocycles. The molecule has 33 heavy (non-hydrogen) atoms. The molecule has 0 amide bonds. The fourth-order valence-electron chi connectivity index (χ4n) is 4.11. The summed E-state index contributed by atoms with van der Waals surface area (Å²) in [7, 11) is 1.73. The Hall–Kier alpha value is -3.10. The Bertz CT molecular complexity index is 1220. The number of ether oxygens (including phenoxy) is 2. The van der Waals surface area contributed by atoms with Crippen molar-refractivity contribution in [1.29, 1.82) is 0 Å². The molecule has 5 rings (SSSR count). The average molecular weight is 508 g/mol. The number of anilines is 1. The molecule has 0 unspecified atom stereocenters. The molecule has 1 saturated heterocycles. The van der Waals surface area contributed by atoms with Gasteiger partial charge in [0.1, 0.15) is 29.4 Å². The third kappa shape index (κ3) is 4.96. The molecule has 3 heterocycles. The molecule has 1 fully saturated rings. The van der Waals surface area contributed by atoms with Gasteiger partial charge in [0.15, 0.2) is 5.65 Å². The Morgan fingerprint density at radius 2 is 1.82 bits per heavy atom. The van der Waals surface area contributed by atoms with Crippen molar-refractivity contribution in [3.8, 4) is 22.9 Å². The zero-order chi connectivity index (χ0) is 22.6. The molecule has 2 aromatic heterocycles. The number of benzene rings is 2. The monoisotopic (exact) mass is 507 g/mol. The number of hydrogen-bond acceptors (Lipinski definition) is 6. The summed E-state index contributed by atoms with van der Waals surface area (Å²) in [5.74, 6) is 2.60. The van der Waals surface area contributed by atoms with Gasteiger partial charge in [-0.3, -0.25) is 4.90 Å². The third-order valence-electron chi connectivity index (χ3n) is 5.91. The quantitative estimate of drug-likeness (QED) is 0.394. The standard InChI is InChI=1S/C25H26BrN5O2/c1-32-23-5-3-2-4-22(23)31-12-10-30(11-13-31)14-15-33-20-8-6-18(7-9-20)24-28-21-16-19(26)17-27-25(21)29-24/h2-9,16-17H,10-15H2,1H3,(H,27,28,29). The van der Waals surface area contributed by atoms with E-state index in [1.807, 2.05) is 42.5 Å². The van der Waals surface area contributed by atoms with Gasteiger partial charge in [0.05, 0.1) is 12.8 Å². The average Bonchev–Trinajstić information content (AvgIpc) is 3.28. The van der Waals surface area contributed by atoms with Crippen LogP contribution < -0.4 is 14.4 Å². The van der Waals surface area contributed by atoms with Crippen LogP contribution in [0.1, 0.15) is 0 Å². The first-order valence-electron chi connectivity index (χ1n) is 11.0. The predicted octanol–water partition coefficient (Wildman–Crippen LogP) is 4.60. The van der Waals surface area contributed by atoms with Crippen molar-refractivity contribution in [2.24, 2.45) is 0 Å². The van der Waals surface area contributed by atoms with Crippen molar-refractivity contribution in [1.82, 2.24) is 19.9 Å². The number of fused-ring (bicyclic) bond motifs is 1. The molecule has 1 aliphatic heterocycles. The van der Waals surface area contributed by atoms with Crippen molar-refractivity contribution < 1.29 is 9.47 Å². The van der Waals surface area contributed by atoms with E-state index in [9.17, 15) is 0 Å². The van der Waals surface area contributed by atoms with Crippen molar-refractivity contribution in [3.63, 3.8) is 0 Å². The number of imidazole rings is 1. The van der Waals surface area contributed by atoms with Crippen LogP contribution in [0, 0.1) is 0 Å². The first kappa shape index (κ1) is 21.7. The van der Waals surface area contributed by atoms with E-state index in [0.29, 0.717) is 6.61 Å². The van der Waals surface area contributed by atoms with Gasteiger partial charge in [0.25, 0.3) is 0 Å². The van der Waals surface area contributed by atoms with Crippen molar-refractivity contribution in [2.45, 2.75) is 0 Å². The second-order valence-electron chi connectivity index (χ2n) is 7.98. The molecule has 4 aromatic rings. The molecule has 0 aliphatic carbocycles. The number of piperazine rings is 1. The molecule has 7 nitrogen and oxygen atoms in total. The summed E-state index contributed by atoms with van der Waals surface area (Å²) in [4.78, 5) is 17.1. The molecule has 0 atom stereocenters. The van der Waals surface area contributed by atoms with Gasteiger partial charge in [0, 0.05) is 49.0 Å². The normalized spacial score (nSPS) is 14.5. The van der Waals surface area contributed by atoms with Gasteiger partial charge in [-0.15, -0.1) is 0 Å². The van der Waals surface area contributed by atoms with Crippen LogP contribution in [0.15, 0.2) is 65.3 Å². The summed E-state index contributed by atoms with van der Waals surface area (Å²) in [6.45, 7) is 5.56. The van der Waals surface area contributed by atoms with E-state index in [0.717, 1.165) is 71.2 Å². The zero-order valence-corrected chi connectivity index (χ0v) is 20.1. The number of aromatic nitrogens is 3. The lowest BCUT2D eigenvalue weighted by atomic mass is 10.2. The van der Waals surface area contributed by atoms with E-state index < -0.39 is 0 Å². The van der Waals surface area contributed by atoms with Crippen molar-refractivity contribution in [2.75, 3.05) is 51.3 Å². The molecule has 1 aliphatic rings. The highest BCUT2D eigenvalue weighted by Gasteiger charge is 2.19. The minimum atomic E-state index is 0.663. The number of para-hydroxylation sites is 2. The minimum absolute atomic E-state index is 0.663. The SMILES string of the molecule is COc1ccccc1N1CCN(CCOc2ccc(-c3nc4cc(Br)cnc4[nH]3)cc2)CC1. The summed E-state index contributed by atoms with van der Waals surface area (Å²) in [5, 5.41) is 0. The molecule has 8 heteroatoms. The molecule has 0 bridgehead atoms. The largest absolute Gasteiger partial charge is 0.495 e. The minimum Gasteiger partial charge on any atom is -0.495 e. The van der Waals surface area contributed by atoms with Gasteiger partial charge in [-0.05, 0) is 58.4 Å². The number of H-pyrrole nitrogens is 1. The maximum absolute atomic E-state index is 6.00. The van der Waals surface area contributed by atoms with Crippen LogP contribution in [0.25, 0.3) is 22.6 Å². The Morgan fingerprint density at radius 1 is 1.03 bits per heavy atom. The van der Waals surface area contributed by atoms with Crippen LogP contribution in [0.3, 0.4) is 0 Å². The maximum Gasteiger partial charge on any atom is 0.157 e. The highest BCUT2D eigenvalue weighted by atomic mass is 79.9. The van der Waals surface area contributed by atoms with Gasteiger partial charge in [0.2, 0.25) is 0 Å². The molecule has 0 radical (unpaired) electrons. The van der Waals surface area contributed by atoms with Gasteiger partial charge >= 0.3 is 0 Å². The highest BCUT2D eigenvalue weighted by Crippen LogP contribution is 2.28. The fraction of sp³-hybridized carbons (Fsp3) is 0.280. The van der Waals surface area contributed by atoms with Crippen LogP contribution in [0.4, 0.5) is 5.69 Å². The molecule has 2 aromatic carbocycles. The summed E-state index contributed by atoms with van der Waals surface area (Å²) in [5.41, 5.74) is 3.79. The number of methoxy groups -OCH3 is 1. The first-order chi connectivity index (χ1) is 16.2. The summed E-state index contributed by atoms with van der Waals surface area (Å²) < 4.78 is 12.4. The van der Waals surface area contributed by atoms with Crippen molar-refractivity contribution >= 4 is 32.8 Å². The summed E-state index contributed by atoms with van der Waals surface area (Å²) >= 11 is 3.44. The van der Waals surface area contributed by atoms with Crippen LogP contribution in [-0.4, -0.2) is 66.3 Å². The first-order valence-corrected chi connectivity index (χ1v) is 11.8. The van der Waals surface area contributed by atoms with Crippen LogP contribution in [-0.2, 0) is 0 Å². The predicted molar refractivity (Wildman–Crippen MR) is 134 cm³/mol. The van der Waals surface area contributed by atoms with E-state index in [1.54, 1.807) is 13.3 Å². The number of nitrogens with zero attached hydrogens (tertiary/aromatic N) is 4. The van der Waals surface area contributed by atoms with E-state index in [-0.39, 0.29) is 0 Å². The number of aromatic amines is 1. The fourth-order valence-corrected chi connectivity index (χ4v) is 4.43. The molecular formula is C25H26BrN5O2. The number of hydrogen-bond donors (Lipinski definition) is 1. The molecular weight excluding hydrogens is 482 g/mol. The lowest BCUT2D eigenvalue weighted by Gasteiger charge is -2.36. The van der Waals surface area contributed by atoms with E-state index in [2.05, 4.69) is 52.8 Å². The van der Waals surface area contributed by atoms with Crippen molar-refractivity contribution in [3.05, 3.63) is 65.3 Å². The molecule has 170 valence electrons. The molecule has 1 N–H and O–H groups in total. The van der Waals surface area contributed by atoms with Crippen LogP contribution >= 0.6 is 15.9 Å². The second-order valence-corrected chi connectivity index (χ2v) is 8.90. The highest BCUT2D eigenvalue weighted by molar-refractivity contribution is 9.10. The number of halogens is 1. The van der Waals surface area contributed by atoms with Gasteiger partial charge < -0.3 is 19.4 Å². The van der Waals surface area contributed by atoms with E-state index >= 15 is 0 Å². The maximum atomic E-state index is 6.00. The Kier molecular flexibility index (Phi) is 6.46. The topological polar surface area (TPSA) is 66.5 Å². The number of pyridine rings is 1. The Balaban J connectivity index is 1.11. The smallest absolute Gasteiger partial charge is 0.157 e. The molecule has 0 spiro atoms. The summed E-state index contributed by atoms with van der Waals surface area (Å²) in [6.07, 6.45) is 1.76. The number of rotatable bonds is 7. The van der Waals surface area contributed by atoms with Gasteiger partial charge in [-0.2, -0.15) is 0 Å². The Morgan fingerprint density at radius 3 is 2.61 bits per heavy atom. The zero-order valence-electron chi connectivity index (χ0n) is 18.5. The van der Waals surface area contributed by atoms with E-state index in [1.165, 1.54) is 5.69 Å². The van der Waals surface area contributed by atoms with Crippen LogP contribution in [0.2, 0.25) is 0 Å². The second kappa shape index (κ2) is 9.80. The van der Waals surface area contributed by atoms with Gasteiger partial charge in [-0.25, -0.2) is 9.97 Å². The lowest BCUT2D eigenvalue weighted by Crippen LogP contribution is -2.47. The van der Waals surface area contributed by atoms with Gasteiger partial charge in [-0.1, -0.05) is 12.1 Å². The third-order valence-corrected chi connectivity index (χ3v) is 6.34. The van der Waals surface area contributed by atoms with Crippen LogP contribution in [0.5, 0.6) is 11.5 Å². The van der Waals surface area contributed by atoms with E-state index in [4.69, 9.17) is 9.47 Å². The summed E-state index contributed by atoms with van der Waals surface area (Å²) in [6, 6.07) is 18.2. The number of nitrogens with one attached hydrogen (secondary N) is 1. The lowest BCUT2D eigenvalue weighted by molar-refractivity contribution is 0.200.